The average molecular weight is 324 g/mol. The zero-order valence-electron chi connectivity index (χ0n) is 14.7. The molecule has 0 saturated heterocycles. The fourth-order valence-corrected chi connectivity index (χ4v) is 3.56. The van der Waals surface area contributed by atoms with Gasteiger partial charge in [-0.2, -0.15) is 0 Å². The molecule has 24 heavy (non-hydrogen) atoms. The predicted molar refractivity (Wildman–Crippen MR) is 96.5 cm³/mol. The van der Waals surface area contributed by atoms with E-state index in [1.807, 2.05) is 86.3 Å². The second-order valence-electron chi connectivity index (χ2n) is 6.16. The van der Waals surface area contributed by atoms with Crippen molar-refractivity contribution in [3.63, 3.8) is 0 Å². The van der Waals surface area contributed by atoms with E-state index in [9.17, 15) is 4.79 Å². The third kappa shape index (κ3) is 2.21. The highest BCUT2D eigenvalue weighted by Crippen LogP contribution is 2.51. The van der Waals surface area contributed by atoms with Crippen molar-refractivity contribution in [2.24, 2.45) is 0 Å². The number of para-hydroxylation sites is 2. The Morgan fingerprint density at radius 1 is 1.04 bits per heavy atom. The van der Waals surface area contributed by atoms with Crippen LogP contribution in [-0.2, 0) is 10.2 Å². The highest BCUT2D eigenvalue weighted by Gasteiger charge is 2.56. The van der Waals surface area contributed by atoms with Gasteiger partial charge in [0.2, 0.25) is 5.91 Å². The van der Waals surface area contributed by atoms with Gasteiger partial charge in [0.05, 0.1) is 6.67 Å². The molecule has 4 nitrogen and oxygen atoms in total. The Morgan fingerprint density at radius 2 is 1.67 bits per heavy atom. The van der Waals surface area contributed by atoms with E-state index in [1.54, 1.807) is 0 Å². The Kier molecular flexibility index (Phi) is 4.33. The highest BCUT2D eigenvalue weighted by atomic mass is 16.5. The van der Waals surface area contributed by atoms with E-state index in [4.69, 9.17) is 4.74 Å². The van der Waals surface area contributed by atoms with Gasteiger partial charge in [0.25, 0.3) is 0 Å². The quantitative estimate of drug-likeness (QED) is 0.850. The number of nitrogens with zero attached hydrogens (tertiary/aromatic N) is 2. The number of ether oxygens (including phenoxy) is 1. The SMILES string of the molecule is CC.CN(C)CN1C(=O)C2(COc3ccccc32)c2ccccc21. The second-order valence-corrected chi connectivity index (χ2v) is 6.16. The number of rotatable bonds is 2. The number of benzene rings is 2. The first kappa shape index (κ1) is 16.5. The Morgan fingerprint density at radius 3 is 2.38 bits per heavy atom. The number of hydrogen-bond acceptors (Lipinski definition) is 3. The van der Waals surface area contributed by atoms with Crippen LogP contribution in [0.15, 0.2) is 48.5 Å². The van der Waals surface area contributed by atoms with E-state index in [-0.39, 0.29) is 5.91 Å². The van der Waals surface area contributed by atoms with Crippen LogP contribution in [0.5, 0.6) is 5.75 Å². The molecule has 0 saturated carbocycles. The number of carbonyl (C=O) groups excluding carboxylic acids is 1. The Hall–Kier alpha value is -2.33. The molecular weight excluding hydrogens is 300 g/mol. The van der Waals surface area contributed by atoms with Crippen LogP contribution >= 0.6 is 0 Å². The van der Waals surface area contributed by atoms with Crippen LogP contribution in [0.2, 0.25) is 0 Å². The molecule has 2 heterocycles. The minimum Gasteiger partial charge on any atom is -0.491 e. The molecule has 4 rings (SSSR count). The molecule has 0 aliphatic carbocycles. The molecule has 2 aromatic carbocycles. The minimum absolute atomic E-state index is 0.104. The fourth-order valence-electron chi connectivity index (χ4n) is 3.56. The number of carbonyl (C=O) groups is 1. The maximum absolute atomic E-state index is 13.3. The van der Waals surface area contributed by atoms with Gasteiger partial charge in [-0.15, -0.1) is 0 Å². The molecule has 2 aromatic rings. The van der Waals surface area contributed by atoms with Crippen molar-refractivity contribution in [3.05, 3.63) is 59.7 Å². The number of hydrogen-bond donors (Lipinski definition) is 0. The molecule has 1 amide bonds. The fraction of sp³-hybridized carbons (Fsp3) is 0.350. The molecule has 0 aromatic heterocycles. The summed E-state index contributed by atoms with van der Waals surface area (Å²) < 4.78 is 5.86. The maximum Gasteiger partial charge on any atom is 0.246 e. The zero-order chi connectivity index (χ0) is 17.3. The van der Waals surface area contributed by atoms with Gasteiger partial charge in [-0.3, -0.25) is 14.6 Å². The maximum atomic E-state index is 13.3. The van der Waals surface area contributed by atoms with E-state index in [1.165, 1.54) is 0 Å². The monoisotopic (exact) mass is 324 g/mol. The lowest BCUT2D eigenvalue weighted by Gasteiger charge is -2.25. The van der Waals surface area contributed by atoms with E-state index >= 15 is 0 Å². The van der Waals surface area contributed by atoms with Gasteiger partial charge in [0.1, 0.15) is 17.8 Å². The van der Waals surface area contributed by atoms with Crippen LogP contribution < -0.4 is 9.64 Å². The summed E-state index contributed by atoms with van der Waals surface area (Å²) >= 11 is 0. The van der Waals surface area contributed by atoms with Crippen molar-refractivity contribution in [1.29, 1.82) is 0 Å². The molecule has 0 N–H and O–H groups in total. The highest BCUT2D eigenvalue weighted by molar-refractivity contribution is 6.11. The van der Waals surface area contributed by atoms with E-state index < -0.39 is 5.41 Å². The average Bonchev–Trinajstić information content (AvgIpc) is 3.11. The van der Waals surface area contributed by atoms with E-state index in [0.717, 1.165) is 22.6 Å². The molecule has 1 atom stereocenters. The Bertz CT molecular complexity index is 757. The van der Waals surface area contributed by atoms with Gasteiger partial charge < -0.3 is 4.74 Å². The second kappa shape index (κ2) is 6.29. The summed E-state index contributed by atoms with van der Waals surface area (Å²) in [6, 6.07) is 15.9. The van der Waals surface area contributed by atoms with Crippen molar-refractivity contribution in [2.45, 2.75) is 19.3 Å². The summed E-state index contributed by atoms with van der Waals surface area (Å²) in [6.45, 7) is 4.95. The molecule has 4 heteroatoms. The normalized spacial score (nSPS) is 20.5. The third-order valence-electron chi connectivity index (χ3n) is 4.48. The first-order valence-electron chi connectivity index (χ1n) is 8.43. The molecule has 0 bridgehead atoms. The van der Waals surface area contributed by atoms with Gasteiger partial charge in [-0.05, 0) is 31.8 Å². The predicted octanol–water partition coefficient (Wildman–Crippen LogP) is 3.26. The summed E-state index contributed by atoms with van der Waals surface area (Å²) in [7, 11) is 3.94. The summed E-state index contributed by atoms with van der Waals surface area (Å²) in [5, 5.41) is 0. The zero-order valence-corrected chi connectivity index (χ0v) is 14.7. The smallest absolute Gasteiger partial charge is 0.246 e. The first-order valence-corrected chi connectivity index (χ1v) is 8.43. The van der Waals surface area contributed by atoms with Crippen LogP contribution in [-0.4, -0.2) is 38.2 Å². The molecule has 1 spiro atoms. The topological polar surface area (TPSA) is 32.8 Å². The number of fused-ring (bicyclic) bond motifs is 4. The Labute approximate surface area is 143 Å². The van der Waals surface area contributed by atoms with E-state index in [2.05, 4.69) is 0 Å². The summed E-state index contributed by atoms with van der Waals surface area (Å²) in [5.41, 5.74) is 2.32. The molecule has 2 aliphatic heterocycles. The molecule has 2 aliphatic rings. The van der Waals surface area contributed by atoms with Crippen molar-refractivity contribution in [3.8, 4) is 5.75 Å². The van der Waals surface area contributed by atoms with Crippen molar-refractivity contribution in [2.75, 3.05) is 32.3 Å². The lowest BCUT2D eigenvalue weighted by Crippen LogP contribution is -2.45. The first-order chi connectivity index (χ1) is 11.6. The minimum atomic E-state index is -0.691. The van der Waals surface area contributed by atoms with Crippen LogP contribution in [0.25, 0.3) is 0 Å². The molecular formula is C20H24N2O2. The van der Waals surface area contributed by atoms with Gasteiger partial charge in [0.15, 0.2) is 0 Å². The van der Waals surface area contributed by atoms with Crippen molar-refractivity contribution < 1.29 is 9.53 Å². The van der Waals surface area contributed by atoms with E-state index in [0.29, 0.717) is 13.3 Å². The van der Waals surface area contributed by atoms with Gasteiger partial charge in [0, 0.05) is 11.3 Å². The van der Waals surface area contributed by atoms with Gasteiger partial charge in [-0.25, -0.2) is 0 Å². The van der Waals surface area contributed by atoms with Crippen LogP contribution in [0.4, 0.5) is 5.69 Å². The lowest BCUT2D eigenvalue weighted by molar-refractivity contribution is -0.122. The third-order valence-corrected chi connectivity index (χ3v) is 4.48. The number of anilines is 1. The lowest BCUT2D eigenvalue weighted by atomic mass is 9.77. The van der Waals surface area contributed by atoms with Crippen LogP contribution in [0, 0.1) is 0 Å². The number of amides is 1. The summed E-state index contributed by atoms with van der Waals surface area (Å²) in [6.07, 6.45) is 0. The molecule has 1 unspecified atom stereocenters. The molecule has 0 radical (unpaired) electrons. The molecule has 0 fully saturated rings. The van der Waals surface area contributed by atoms with Crippen molar-refractivity contribution in [1.82, 2.24) is 4.90 Å². The van der Waals surface area contributed by atoms with Crippen LogP contribution in [0.3, 0.4) is 0 Å². The Balaban J connectivity index is 0.000000815. The summed E-state index contributed by atoms with van der Waals surface area (Å²) in [5.74, 6) is 0.921. The standard InChI is InChI=1S/C18H18N2O2.C2H6/c1-19(2)12-20-15-9-5-3-7-13(15)18(17(20)21)11-22-16-10-6-4-8-14(16)18;1-2/h3-10H,11-12H2,1-2H3;1-2H3. The van der Waals surface area contributed by atoms with Gasteiger partial charge >= 0.3 is 0 Å². The van der Waals surface area contributed by atoms with Crippen LogP contribution in [0.1, 0.15) is 25.0 Å². The molecule has 126 valence electrons. The summed E-state index contributed by atoms with van der Waals surface area (Å²) in [4.78, 5) is 17.2. The van der Waals surface area contributed by atoms with Crippen molar-refractivity contribution >= 4 is 11.6 Å². The largest absolute Gasteiger partial charge is 0.491 e. The van der Waals surface area contributed by atoms with Gasteiger partial charge in [-0.1, -0.05) is 50.2 Å².